The molecule has 0 radical (unpaired) electrons. The zero-order chi connectivity index (χ0) is 13.7. The van der Waals surface area contributed by atoms with Crippen molar-refractivity contribution >= 4 is 39.1 Å². The van der Waals surface area contributed by atoms with E-state index in [0.717, 1.165) is 3.79 Å². The molecular weight excluding hydrogens is 332 g/mol. The molecule has 104 valence electrons. The molecule has 2 amide bonds. The van der Waals surface area contributed by atoms with Crippen molar-refractivity contribution in [3.8, 4) is 0 Å². The highest BCUT2D eigenvalue weighted by Gasteiger charge is 2.16. The maximum Gasteiger partial charge on any atom is 0.261 e. The Bertz CT molecular complexity index is 458. The molecule has 2 rings (SSSR count). The molecule has 7 heteroatoms. The fourth-order valence-corrected chi connectivity index (χ4v) is 3.08. The third kappa shape index (κ3) is 4.29. The first-order valence-corrected chi connectivity index (χ1v) is 7.67. The van der Waals surface area contributed by atoms with Crippen molar-refractivity contribution < 1.29 is 14.3 Å². The van der Waals surface area contributed by atoms with E-state index in [1.165, 1.54) is 11.3 Å². The molecule has 0 aromatic carbocycles. The topological polar surface area (TPSA) is 58.6 Å². The minimum atomic E-state index is -0.134. The number of nitrogens with one attached hydrogen (secondary N) is 1. The lowest BCUT2D eigenvalue weighted by Gasteiger charge is -2.26. The molecule has 0 atom stereocenters. The zero-order valence-corrected chi connectivity index (χ0v) is 12.8. The van der Waals surface area contributed by atoms with Crippen molar-refractivity contribution in [2.24, 2.45) is 0 Å². The number of nitrogens with zero attached hydrogens (tertiary/aromatic N) is 1. The Morgan fingerprint density at radius 1 is 1.37 bits per heavy atom. The van der Waals surface area contributed by atoms with E-state index in [9.17, 15) is 9.59 Å². The van der Waals surface area contributed by atoms with Gasteiger partial charge in [-0.15, -0.1) is 11.3 Å². The summed E-state index contributed by atoms with van der Waals surface area (Å²) in [6.07, 6.45) is 0.332. The van der Waals surface area contributed by atoms with E-state index in [1.807, 2.05) is 6.07 Å². The third-order valence-corrected chi connectivity index (χ3v) is 4.41. The van der Waals surface area contributed by atoms with Gasteiger partial charge in [0.15, 0.2) is 0 Å². The number of halogens is 1. The van der Waals surface area contributed by atoms with Crippen LogP contribution in [0.1, 0.15) is 16.1 Å². The summed E-state index contributed by atoms with van der Waals surface area (Å²) in [6.45, 7) is 2.85. The van der Waals surface area contributed by atoms with Crippen LogP contribution in [0, 0.1) is 0 Å². The summed E-state index contributed by atoms with van der Waals surface area (Å²) in [5.74, 6) is -0.0681. The lowest BCUT2D eigenvalue weighted by molar-refractivity contribution is -0.135. The van der Waals surface area contributed by atoms with Crippen LogP contribution in [0.5, 0.6) is 0 Å². The van der Waals surface area contributed by atoms with E-state index in [1.54, 1.807) is 11.0 Å². The SMILES string of the molecule is O=C(NCCC(=O)N1CCOCC1)c1ccc(Br)s1. The van der Waals surface area contributed by atoms with E-state index >= 15 is 0 Å². The summed E-state index contributed by atoms with van der Waals surface area (Å²) < 4.78 is 6.10. The molecule has 0 spiro atoms. The summed E-state index contributed by atoms with van der Waals surface area (Å²) in [6, 6.07) is 3.59. The van der Waals surface area contributed by atoms with Gasteiger partial charge in [0.2, 0.25) is 5.91 Å². The molecule has 0 aliphatic carbocycles. The molecule has 1 aliphatic rings. The van der Waals surface area contributed by atoms with Crippen LogP contribution in [0.4, 0.5) is 0 Å². The molecule has 0 unspecified atom stereocenters. The molecule has 19 heavy (non-hydrogen) atoms. The van der Waals surface area contributed by atoms with Crippen molar-refractivity contribution in [1.82, 2.24) is 10.2 Å². The second-order valence-corrected chi connectivity index (χ2v) is 6.57. The van der Waals surface area contributed by atoms with Gasteiger partial charge in [0.05, 0.1) is 21.9 Å². The first-order chi connectivity index (χ1) is 9.16. The van der Waals surface area contributed by atoms with E-state index < -0.39 is 0 Å². The second-order valence-electron chi connectivity index (χ2n) is 4.10. The highest BCUT2D eigenvalue weighted by Crippen LogP contribution is 2.21. The van der Waals surface area contributed by atoms with Crippen molar-refractivity contribution in [1.29, 1.82) is 0 Å². The lowest BCUT2D eigenvalue weighted by Crippen LogP contribution is -2.41. The number of hydrogen-bond acceptors (Lipinski definition) is 4. The fourth-order valence-electron chi connectivity index (χ4n) is 1.78. The summed E-state index contributed by atoms with van der Waals surface area (Å²) in [4.78, 5) is 26.0. The number of amides is 2. The average Bonchev–Trinajstić information content (AvgIpc) is 2.86. The monoisotopic (exact) mass is 346 g/mol. The summed E-state index contributed by atoms with van der Waals surface area (Å²) >= 11 is 4.69. The second kappa shape index (κ2) is 7.02. The van der Waals surface area contributed by atoms with Crippen LogP contribution >= 0.6 is 27.3 Å². The third-order valence-electron chi connectivity index (χ3n) is 2.79. The van der Waals surface area contributed by atoms with E-state index in [-0.39, 0.29) is 11.8 Å². The molecule has 5 nitrogen and oxygen atoms in total. The van der Waals surface area contributed by atoms with E-state index in [4.69, 9.17) is 4.74 Å². The normalized spacial score (nSPS) is 15.3. The van der Waals surface area contributed by atoms with Crippen LogP contribution < -0.4 is 5.32 Å². The standard InChI is InChI=1S/C12H15BrN2O3S/c13-10-2-1-9(19-10)12(17)14-4-3-11(16)15-5-7-18-8-6-15/h1-2H,3-8H2,(H,14,17). The molecule has 2 heterocycles. The zero-order valence-electron chi connectivity index (χ0n) is 10.4. The van der Waals surface area contributed by atoms with Crippen LogP contribution in [0.2, 0.25) is 0 Å². The number of carbonyl (C=O) groups is 2. The Kier molecular flexibility index (Phi) is 5.35. The minimum absolute atomic E-state index is 0.0657. The Balaban J connectivity index is 1.71. The Morgan fingerprint density at radius 2 is 2.11 bits per heavy atom. The number of thiophene rings is 1. The van der Waals surface area contributed by atoms with E-state index in [0.29, 0.717) is 44.1 Å². The summed E-state index contributed by atoms with van der Waals surface area (Å²) in [7, 11) is 0. The Hall–Kier alpha value is -0.920. The van der Waals surface area contributed by atoms with Crippen molar-refractivity contribution in [2.45, 2.75) is 6.42 Å². The molecule has 1 aromatic heterocycles. The maximum atomic E-state index is 11.8. The number of rotatable bonds is 4. The highest BCUT2D eigenvalue weighted by atomic mass is 79.9. The molecule has 1 saturated heterocycles. The average molecular weight is 347 g/mol. The van der Waals surface area contributed by atoms with Gasteiger partial charge in [-0.05, 0) is 28.1 Å². The van der Waals surface area contributed by atoms with Crippen LogP contribution in [0.15, 0.2) is 15.9 Å². The van der Waals surface area contributed by atoms with Gasteiger partial charge >= 0.3 is 0 Å². The van der Waals surface area contributed by atoms with Gasteiger partial charge in [-0.25, -0.2) is 0 Å². The fraction of sp³-hybridized carbons (Fsp3) is 0.500. The van der Waals surface area contributed by atoms with Crippen LogP contribution in [-0.4, -0.2) is 49.6 Å². The van der Waals surface area contributed by atoms with Crippen LogP contribution in [0.25, 0.3) is 0 Å². The van der Waals surface area contributed by atoms with Gasteiger partial charge in [-0.1, -0.05) is 0 Å². The van der Waals surface area contributed by atoms with Crippen molar-refractivity contribution in [3.05, 3.63) is 20.8 Å². The molecule has 0 saturated carbocycles. The predicted molar refractivity (Wildman–Crippen MR) is 76.4 cm³/mol. The quantitative estimate of drug-likeness (QED) is 0.898. The highest BCUT2D eigenvalue weighted by molar-refractivity contribution is 9.11. The first-order valence-electron chi connectivity index (χ1n) is 6.06. The maximum absolute atomic E-state index is 11.8. The van der Waals surface area contributed by atoms with Gasteiger partial charge in [-0.2, -0.15) is 0 Å². The first kappa shape index (κ1) is 14.5. The van der Waals surface area contributed by atoms with Crippen molar-refractivity contribution in [3.63, 3.8) is 0 Å². The molecule has 1 aromatic rings. The summed E-state index contributed by atoms with van der Waals surface area (Å²) in [5.41, 5.74) is 0. The Morgan fingerprint density at radius 3 is 2.74 bits per heavy atom. The van der Waals surface area contributed by atoms with Gasteiger partial charge in [0, 0.05) is 26.1 Å². The van der Waals surface area contributed by atoms with Crippen molar-refractivity contribution in [2.75, 3.05) is 32.8 Å². The predicted octanol–water partition coefficient (Wildman–Crippen LogP) is 1.49. The number of ether oxygens (including phenoxy) is 1. The molecule has 0 bridgehead atoms. The summed E-state index contributed by atoms with van der Waals surface area (Å²) in [5, 5.41) is 2.75. The van der Waals surface area contributed by atoms with Gasteiger partial charge in [0.1, 0.15) is 0 Å². The molecule has 1 N–H and O–H groups in total. The molecule has 1 fully saturated rings. The number of morpholine rings is 1. The minimum Gasteiger partial charge on any atom is -0.378 e. The van der Waals surface area contributed by atoms with Gasteiger partial charge < -0.3 is 15.0 Å². The van der Waals surface area contributed by atoms with Crippen LogP contribution in [0.3, 0.4) is 0 Å². The molecule has 1 aliphatic heterocycles. The molecular formula is C12H15BrN2O3S. The van der Waals surface area contributed by atoms with E-state index in [2.05, 4.69) is 21.2 Å². The Labute approximate surface area is 124 Å². The van der Waals surface area contributed by atoms with Gasteiger partial charge in [-0.3, -0.25) is 9.59 Å². The number of hydrogen-bond donors (Lipinski definition) is 1. The smallest absolute Gasteiger partial charge is 0.261 e. The van der Waals surface area contributed by atoms with Gasteiger partial charge in [0.25, 0.3) is 5.91 Å². The number of carbonyl (C=O) groups excluding carboxylic acids is 2. The lowest BCUT2D eigenvalue weighted by atomic mass is 10.3. The largest absolute Gasteiger partial charge is 0.378 e. The van der Waals surface area contributed by atoms with Crippen LogP contribution in [-0.2, 0) is 9.53 Å².